The molecule has 0 atom stereocenters. The van der Waals surface area contributed by atoms with Crippen LogP contribution in [0.25, 0.3) is 11.4 Å². The predicted molar refractivity (Wildman–Crippen MR) is 85.0 cm³/mol. The molecule has 5 nitrogen and oxygen atoms in total. The lowest BCUT2D eigenvalue weighted by Gasteiger charge is -2.12. The molecule has 5 heteroatoms. The standard InChI is InChI=1S/C16H21N3O2/c1-4-10-17-14-12(5-2)18-15(19-16(14)20)11-8-6-7-9-13(11)21-3/h6-9,17H,4-5,10H2,1-3H3,(H,18,19,20). The van der Waals surface area contributed by atoms with Gasteiger partial charge in [0.25, 0.3) is 5.56 Å². The molecule has 1 aromatic heterocycles. The summed E-state index contributed by atoms with van der Waals surface area (Å²) in [6.07, 6.45) is 1.65. The smallest absolute Gasteiger partial charge is 0.274 e. The Kier molecular flexibility index (Phi) is 4.98. The number of benzene rings is 1. The molecule has 21 heavy (non-hydrogen) atoms. The van der Waals surface area contributed by atoms with Crippen molar-refractivity contribution in [1.82, 2.24) is 9.97 Å². The van der Waals surface area contributed by atoms with Crippen molar-refractivity contribution in [3.63, 3.8) is 0 Å². The SMILES string of the molecule is CCCNc1c(CC)nc(-c2ccccc2OC)[nH]c1=O. The van der Waals surface area contributed by atoms with Crippen LogP contribution in [0.15, 0.2) is 29.1 Å². The highest BCUT2D eigenvalue weighted by molar-refractivity contribution is 5.65. The fraction of sp³-hybridized carbons (Fsp3) is 0.375. The van der Waals surface area contributed by atoms with Crippen molar-refractivity contribution in [3.05, 3.63) is 40.3 Å². The van der Waals surface area contributed by atoms with Crippen LogP contribution in [0.3, 0.4) is 0 Å². The van der Waals surface area contributed by atoms with Crippen molar-refractivity contribution in [2.24, 2.45) is 0 Å². The van der Waals surface area contributed by atoms with E-state index in [1.165, 1.54) is 0 Å². The third kappa shape index (κ3) is 3.24. The maximum Gasteiger partial charge on any atom is 0.274 e. The molecule has 0 fully saturated rings. The van der Waals surface area contributed by atoms with Gasteiger partial charge in [0.1, 0.15) is 17.3 Å². The highest BCUT2D eigenvalue weighted by Crippen LogP contribution is 2.27. The third-order valence-electron chi connectivity index (χ3n) is 3.24. The number of aromatic nitrogens is 2. The van der Waals surface area contributed by atoms with Gasteiger partial charge in [-0.2, -0.15) is 0 Å². The van der Waals surface area contributed by atoms with E-state index in [9.17, 15) is 4.79 Å². The molecule has 0 aliphatic carbocycles. The Morgan fingerprint density at radius 1 is 1.29 bits per heavy atom. The Morgan fingerprint density at radius 2 is 2.05 bits per heavy atom. The molecule has 0 unspecified atom stereocenters. The lowest BCUT2D eigenvalue weighted by atomic mass is 10.1. The first-order chi connectivity index (χ1) is 10.2. The van der Waals surface area contributed by atoms with Crippen LogP contribution in [-0.2, 0) is 6.42 Å². The molecule has 112 valence electrons. The summed E-state index contributed by atoms with van der Waals surface area (Å²) in [4.78, 5) is 19.7. The van der Waals surface area contributed by atoms with E-state index in [1.54, 1.807) is 7.11 Å². The van der Waals surface area contributed by atoms with Crippen molar-refractivity contribution in [2.45, 2.75) is 26.7 Å². The molecular formula is C16H21N3O2. The summed E-state index contributed by atoms with van der Waals surface area (Å²) in [7, 11) is 1.61. The number of anilines is 1. The average Bonchev–Trinajstić information content (AvgIpc) is 2.53. The summed E-state index contributed by atoms with van der Waals surface area (Å²) in [5.41, 5.74) is 1.98. The number of rotatable bonds is 6. The molecule has 0 saturated carbocycles. The molecular weight excluding hydrogens is 266 g/mol. The monoisotopic (exact) mass is 287 g/mol. The largest absolute Gasteiger partial charge is 0.496 e. The first-order valence-electron chi connectivity index (χ1n) is 7.21. The molecule has 2 N–H and O–H groups in total. The van der Waals surface area contributed by atoms with E-state index >= 15 is 0 Å². The summed E-state index contributed by atoms with van der Waals surface area (Å²) < 4.78 is 5.33. The van der Waals surface area contributed by atoms with E-state index in [0.717, 1.165) is 24.2 Å². The highest BCUT2D eigenvalue weighted by atomic mass is 16.5. The van der Waals surface area contributed by atoms with E-state index in [0.29, 0.717) is 23.7 Å². The second-order valence-corrected chi connectivity index (χ2v) is 4.72. The van der Waals surface area contributed by atoms with Gasteiger partial charge >= 0.3 is 0 Å². The first-order valence-corrected chi connectivity index (χ1v) is 7.21. The fourth-order valence-electron chi connectivity index (χ4n) is 2.18. The molecule has 2 rings (SSSR count). The van der Waals surface area contributed by atoms with Gasteiger partial charge in [0, 0.05) is 6.54 Å². The number of ether oxygens (including phenoxy) is 1. The number of H-pyrrole nitrogens is 1. The van der Waals surface area contributed by atoms with Crippen LogP contribution in [0.1, 0.15) is 26.0 Å². The summed E-state index contributed by atoms with van der Waals surface area (Å²) in [5.74, 6) is 1.23. The van der Waals surface area contributed by atoms with Crippen LogP contribution in [0.2, 0.25) is 0 Å². The maximum absolute atomic E-state index is 12.3. The van der Waals surface area contributed by atoms with Crippen LogP contribution in [0, 0.1) is 0 Å². The zero-order valence-corrected chi connectivity index (χ0v) is 12.7. The minimum absolute atomic E-state index is 0.142. The maximum atomic E-state index is 12.3. The van der Waals surface area contributed by atoms with Crippen molar-refractivity contribution < 1.29 is 4.74 Å². The second-order valence-electron chi connectivity index (χ2n) is 4.72. The molecule has 1 heterocycles. The molecule has 0 saturated heterocycles. The molecule has 0 amide bonds. The summed E-state index contributed by atoms with van der Waals surface area (Å²) >= 11 is 0. The van der Waals surface area contributed by atoms with Crippen molar-refractivity contribution in [2.75, 3.05) is 19.0 Å². The van der Waals surface area contributed by atoms with Crippen molar-refractivity contribution >= 4 is 5.69 Å². The number of aromatic amines is 1. The summed E-state index contributed by atoms with van der Waals surface area (Å²) in [6, 6.07) is 7.52. The zero-order valence-electron chi connectivity index (χ0n) is 12.7. The Labute approximate surface area is 124 Å². The molecule has 0 bridgehead atoms. The molecule has 0 radical (unpaired) electrons. The van der Waals surface area contributed by atoms with Gasteiger partial charge in [-0.25, -0.2) is 4.98 Å². The quantitative estimate of drug-likeness (QED) is 0.857. The summed E-state index contributed by atoms with van der Waals surface area (Å²) in [6.45, 7) is 4.81. The van der Waals surface area contributed by atoms with E-state index in [2.05, 4.69) is 22.2 Å². The molecule has 0 spiro atoms. The van der Waals surface area contributed by atoms with Crippen molar-refractivity contribution in [1.29, 1.82) is 0 Å². The highest BCUT2D eigenvalue weighted by Gasteiger charge is 2.13. The molecule has 2 aromatic rings. The van der Waals surface area contributed by atoms with E-state index in [4.69, 9.17) is 4.74 Å². The van der Waals surface area contributed by atoms with Crippen LogP contribution in [0.4, 0.5) is 5.69 Å². The van der Waals surface area contributed by atoms with E-state index in [1.807, 2.05) is 31.2 Å². The van der Waals surface area contributed by atoms with Crippen LogP contribution in [0.5, 0.6) is 5.75 Å². The van der Waals surface area contributed by atoms with Gasteiger partial charge in [0.05, 0.1) is 18.4 Å². The summed E-state index contributed by atoms with van der Waals surface area (Å²) in [5, 5.41) is 3.15. The lowest BCUT2D eigenvalue weighted by Crippen LogP contribution is -2.19. The second kappa shape index (κ2) is 6.92. The number of hydrogen-bond acceptors (Lipinski definition) is 4. The Morgan fingerprint density at radius 3 is 2.71 bits per heavy atom. The van der Waals surface area contributed by atoms with Crippen LogP contribution < -0.4 is 15.6 Å². The zero-order chi connectivity index (χ0) is 15.2. The number of nitrogens with one attached hydrogen (secondary N) is 2. The van der Waals surface area contributed by atoms with Gasteiger partial charge in [0.2, 0.25) is 0 Å². The number of methoxy groups -OCH3 is 1. The molecule has 0 aliphatic rings. The number of hydrogen-bond donors (Lipinski definition) is 2. The first kappa shape index (κ1) is 15.1. The van der Waals surface area contributed by atoms with E-state index in [-0.39, 0.29) is 5.56 Å². The van der Waals surface area contributed by atoms with Gasteiger partial charge in [-0.05, 0) is 25.0 Å². The normalized spacial score (nSPS) is 10.4. The van der Waals surface area contributed by atoms with E-state index < -0.39 is 0 Å². The molecule has 1 aromatic carbocycles. The van der Waals surface area contributed by atoms with Crippen molar-refractivity contribution in [3.8, 4) is 17.1 Å². The Bertz CT molecular complexity index is 665. The number of nitrogens with zero attached hydrogens (tertiary/aromatic N) is 1. The van der Waals surface area contributed by atoms with Crippen LogP contribution in [-0.4, -0.2) is 23.6 Å². The van der Waals surface area contributed by atoms with Gasteiger partial charge in [0.15, 0.2) is 0 Å². The minimum atomic E-state index is -0.142. The minimum Gasteiger partial charge on any atom is -0.496 e. The topological polar surface area (TPSA) is 67.0 Å². The van der Waals surface area contributed by atoms with Crippen LogP contribution >= 0.6 is 0 Å². The van der Waals surface area contributed by atoms with Gasteiger partial charge in [-0.3, -0.25) is 4.79 Å². The average molecular weight is 287 g/mol. The van der Waals surface area contributed by atoms with Gasteiger partial charge in [-0.1, -0.05) is 26.0 Å². The fourth-order valence-corrected chi connectivity index (χ4v) is 2.18. The third-order valence-corrected chi connectivity index (χ3v) is 3.24. The van der Waals surface area contributed by atoms with Gasteiger partial charge in [-0.15, -0.1) is 0 Å². The number of aryl methyl sites for hydroxylation is 1. The Hall–Kier alpha value is -2.30. The Balaban J connectivity index is 2.52. The van der Waals surface area contributed by atoms with Gasteiger partial charge < -0.3 is 15.0 Å². The molecule has 0 aliphatic heterocycles. The lowest BCUT2D eigenvalue weighted by molar-refractivity contribution is 0.416. The number of para-hydroxylation sites is 1. The predicted octanol–water partition coefficient (Wildman–Crippen LogP) is 2.83.